The fraction of sp³-hybridized carbons (Fsp3) is 0.304. The van der Waals surface area contributed by atoms with Gasteiger partial charge in [-0.05, 0) is 61.9 Å². The van der Waals surface area contributed by atoms with E-state index in [2.05, 4.69) is 51.3 Å². The number of piperazine rings is 1. The Hall–Kier alpha value is -3.28. The van der Waals surface area contributed by atoms with Crippen LogP contribution in [0.25, 0.3) is 0 Å². The average Bonchev–Trinajstić information content (AvgIpc) is 2.76. The van der Waals surface area contributed by atoms with Gasteiger partial charge in [0.15, 0.2) is 0 Å². The zero-order valence-electron chi connectivity index (χ0n) is 17.0. The summed E-state index contributed by atoms with van der Waals surface area (Å²) in [7, 11) is 0. The van der Waals surface area contributed by atoms with Gasteiger partial charge in [-0.2, -0.15) is 4.98 Å². The maximum absolute atomic E-state index is 5.49. The van der Waals surface area contributed by atoms with Gasteiger partial charge in [0.2, 0.25) is 5.95 Å². The third kappa shape index (κ3) is 4.77. The molecule has 0 radical (unpaired) electrons. The lowest BCUT2D eigenvalue weighted by Gasteiger charge is -2.36. The Bertz CT molecular complexity index is 936. The van der Waals surface area contributed by atoms with E-state index < -0.39 is 0 Å². The van der Waals surface area contributed by atoms with Gasteiger partial charge in [-0.25, -0.2) is 4.98 Å². The minimum absolute atomic E-state index is 0.666. The van der Waals surface area contributed by atoms with E-state index >= 15 is 0 Å². The van der Waals surface area contributed by atoms with Crippen molar-refractivity contribution in [3.05, 3.63) is 66.4 Å². The quantitative estimate of drug-likeness (QED) is 0.680. The van der Waals surface area contributed by atoms with E-state index in [1.807, 2.05) is 43.5 Å². The van der Waals surface area contributed by atoms with Gasteiger partial charge in [0.25, 0.3) is 0 Å². The van der Waals surface area contributed by atoms with E-state index in [4.69, 9.17) is 9.72 Å². The van der Waals surface area contributed by atoms with Gasteiger partial charge < -0.3 is 19.9 Å². The maximum Gasteiger partial charge on any atom is 0.227 e. The minimum atomic E-state index is 0.666. The zero-order valence-corrected chi connectivity index (χ0v) is 17.0. The summed E-state index contributed by atoms with van der Waals surface area (Å²) in [5.74, 6) is 2.43. The van der Waals surface area contributed by atoms with Crippen molar-refractivity contribution in [3.63, 3.8) is 0 Å². The molecule has 1 fully saturated rings. The molecule has 1 N–H and O–H groups in total. The van der Waals surface area contributed by atoms with Crippen molar-refractivity contribution >= 4 is 23.1 Å². The normalized spacial score (nSPS) is 14.0. The predicted molar refractivity (Wildman–Crippen MR) is 119 cm³/mol. The molecule has 6 heteroatoms. The highest BCUT2D eigenvalue weighted by Gasteiger charge is 2.19. The van der Waals surface area contributed by atoms with Gasteiger partial charge in [-0.1, -0.05) is 12.1 Å². The molecule has 2 heterocycles. The first-order chi connectivity index (χ1) is 14.2. The lowest BCUT2D eigenvalue weighted by Crippen LogP contribution is -2.47. The van der Waals surface area contributed by atoms with Crippen LogP contribution in [0.5, 0.6) is 5.75 Å². The van der Waals surface area contributed by atoms with Crippen LogP contribution in [-0.4, -0.2) is 42.8 Å². The van der Waals surface area contributed by atoms with Gasteiger partial charge in [0.05, 0.1) is 6.61 Å². The summed E-state index contributed by atoms with van der Waals surface area (Å²) < 4.78 is 5.49. The van der Waals surface area contributed by atoms with Crippen molar-refractivity contribution < 1.29 is 4.74 Å². The largest absolute Gasteiger partial charge is 0.494 e. The highest BCUT2D eigenvalue weighted by atomic mass is 16.5. The number of ether oxygens (including phenoxy) is 1. The Labute approximate surface area is 172 Å². The second-order valence-corrected chi connectivity index (χ2v) is 7.14. The molecular weight excluding hydrogens is 362 g/mol. The van der Waals surface area contributed by atoms with Crippen LogP contribution >= 0.6 is 0 Å². The predicted octanol–water partition coefficient (Wildman–Crippen LogP) is 4.25. The van der Waals surface area contributed by atoms with Gasteiger partial charge >= 0.3 is 0 Å². The molecule has 3 aromatic rings. The monoisotopic (exact) mass is 389 g/mol. The van der Waals surface area contributed by atoms with Crippen LogP contribution in [-0.2, 0) is 0 Å². The first-order valence-electron chi connectivity index (χ1n) is 10.1. The number of aryl methyl sites for hydroxylation is 1. The maximum atomic E-state index is 5.49. The molecule has 0 amide bonds. The molecule has 0 unspecified atom stereocenters. The summed E-state index contributed by atoms with van der Waals surface area (Å²) in [5, 5.41) is 3.35. The zero-order chi connectivity index (χ0) is 20.1. The van der Waals surface area contributed by atoms with Crippen molar-refractivity contribution in [1.29, 1.82) is 0 Å². The van der Waals surface area contributed by atoms with Gasteiger partial charge in [-0.3, -0.25) is 0 Å². The summed E-state index contributed by atoms with van der Waals surface area (Å²) >= 11 is 0. The van der Waals surface area contributed by atoms with Crippen LogP contribution < -0.4 is 19.9 Å². The summed E-state index contributed by atoms with van der Waals surface area (Å²) in [5.41, 5.74) is 3.56. The number of hydrogen-bond acceptors (Lipinski definition) is 6. The smallest absolute Gasteiger partial charge is 0.227 e. The molecule has 0 aliphatic carbocycles. The molecule has 1 aromatic heterocycles. The molecule has 1 aliphatic rings. The van der Waals surface area contributed by atoms with Gasteiger partial charge in [0, 0.05) is 43.8 Å². The second-order valence-electron chi connectivity index (χ2n) is 7.14. The molecule has 29 heavy (non-hydrogen) atoms. The molecule has 4 rings (SSSR count). The highest BCUT2D eigenvalue weighted by Crippen LogP contribution is 2.22. The number of hydrogen-bond donors (Lipinski definition) is 1. The van der Waals surface area contributed by atoms with E-state index in [9.17, 15) is 0 Å². The van der Waals surface area contributed by atoms with Crippen LogP contribution in [0.15, 0.2) is 60.8 Å². The molecule has 1 saturated heterocycles. The van der Waals surface area contributed by atoms with Crippen LogP contribution in [0.2, 0.25) is 0 Å². The Kier molecular flexibility index (Phi) is 5.79. The topological polar surface area (TPSA) is 53.5 Å². The molecule has 0 saturated carbocycles. The molecule has 1 aliphatic heterocycles. The van der Waals surface area contributed by atoms with E-state index in [0.717, 1.165) is 49.4 Å². The number of anilines is 4. The number of nitrogens with one attached hydrogen (secondary N) is 1. The van der Waals surface area contributed by atoms with Gasteiger partial charge in [-0.15, -0.1) is 0 Å². The van der Waals surface area contributed by atoms with Crippen LogP contribution in [0.3, 0.4) is 0 Å². The Balaban J connectivity index is 1.39. The average molecular weight is 390 g/mol. The Morgan fingerprint density at radius 3 is 2.45 bits per heavy atom. The highest BCUT2D eigenvalue weighted by molar-refractivity contribution is 5.58. The third-order valence-corrected chi connectivity index (χ3v) is 5.01. The van der Waals surface area contributed by atoms with Crippen molar-refractivity contribution in [2.24, 2.45) is 0 Å². The fourth-order valence-electron chi connectivity index (χ4n) is 3.51. The molecule has 0 spiro atoms. The fourth-order valence-corrected chi connectivity index (χ4v) is 3.51. The summed E-state index contributed by atoms with van der Waals surface area (Å²) in [6, 6.07) is 18.5. The van der Waals surface area contributed by atoms with Crippen LogP contribution in [0, 0.1) is 6.92 Å². The SMILES string of the molecule is CCOc1ccc(Nc2ccnc(N3CCN(c4cccc(C)c4)CC3)n2)cc1. The summed E-state index contributed by atoms with van der Waals surface area (Å²) in [6.45, 7) is 8.51. The third-order valence-electron chi connectivity index (χ3n) is 5.01. The molecule has 0 bridgehead atoms. The van der Waals surface area contributed by atoms with E-state index in [1.54, 1.807) is 0 Å². The summed E-state index contributed by atoms with van der Waals surface area (Å²) in [6.07, 6.45) is 1.81. The molecule has 6 nitrogen and oxygen atoms in total. The lowest BCUT2D eigenvalue weighted by molar-refractivity contribution is 0.340. The summed E-state index contributed by atoms with van der Waals surface area (Å²) in [4.78, 5) is 13.9. The van der Waals surface area contributed by atoms with E-state index in [1.165, 1.54) is 11.3 Å². The number of aromatic nitrogens is 2. The first kappa shape index (κ1) is 19.1. The molecule has 0 atom stereocenters. The van der Waals surface area contributed by atoms with Crippen molar-refractivity contribution in [2.75, 3.05) is 47.9 Å². The van der Waals surface area contributed by atoms with Crippen LogP contribution in [0.1, 0.15) is 12.5 Å². The second kappa shape index (κ2) is 8.82. The van der Waals surface area contributed by atoms with Crippen molar-refractivity contribution in [2.45, 2.75) is 13.8 Å². The van der Waals surface area contributed by atoms with E-state index in [-0.39, 0.29) is 0 Å². The Morgan fingerprint density at radius 2 is 1.72 bits per heavy atom. The molecular formula is C23H27N5O. The molecule has 2 aromatic carbocycles. The number of benzene rings is 2. The van der Waals surface area contributed by atoms with Crippen LogP contribution in [0.4, 0.5) is 23.1 Å². The lowest BCUT2D eigenvalue weighted by atomic mass is 10.2. The first-order valence-corrected chi connectivity index (χ1v) is 10.1. The van der Waals surface area contributed by atoms with E-state index in [0.29, 0.717) is 6.61 Å². The van der Waals surface area contributed by atoms with Crippen molar-refractivity contribution in [1.82, 2.24) is 9.97 Å². The van der Waals surface area contributed by atoms with Gasteiger partial charge in [0.1, 0.15) is 11.6 Å². The number of nitrogens with zero attached hydrogens (tertiary/aromatic N) is 4. The number of rotatable bonds is 6. The standard InChI is InChI=1S/C23H27N5O/c1-3-29-21-9-7-19(8-10-21)25-22-11-12-24-23(26-22)28-15-13-27(14-16-28)20-6-4-5-18(2)17-20/h4-12,17H,3,13-16H2,1-2H3,(H,24,25,26). The Morgan fingerprint density at radius 1 is 0.966 bits per heavy atom. The molecule has 150 valence electrons. The minimum Gasteiger partial charge on any atom is -0.494 e. The van der Waals surface area contributed by atoms with Crippen molar-refractivity contribution in [3.8, 4) is 5.75 Å².